The van der Waals surface area contributed by atoms with Crippen LogP contribution in [0, 0.1) is 12.8 Å². The summed E-state index contributed by atoms with van der Waals surface area (Å²) in [6.07, 6.45) is 0. The first-order valence-electron chi connectivity index (χ1n) is 6.51. The molecule has 0 spiro atoms. The molecule has 0 atom stereocenters. The Morgan fingerprint density at radius 1 is 1.35 bits per heavy atom. The summed E-state index contributed by atoms with van der Waals surface area (Å²) in [7, 11) is 0. The number of nitrogens with zero attached hydrogens (tertiary/aromatic N) is 2. The van der Waals surface area contributed by atoms with Gasteiger partial charge in [0.05, 0.1) is 0 Å². The lowest BCUT2D eigenvalue weighted by atomic mass is 10.2. The van der Waals surface area contributed by atoms with Crippen LogP contribution in [0.5, 0.6) is 10.9 Å². The minimum atomic E-state index is 0.539. The number of aromatic nitrogens is 2. The monoisotopic (exact) mass is 311 g/mol. The predicted molar refractivity (Wildman–Crippen MR) is 82.7 cm³/mol. The molecule has 2 aromatic rings. The molecule has 1 aromatic carbocycles. The van der Waals surface area contributed by atoms with Gasteiger partial charge in [-0.2, -0.15) is 0 Å². The van der Waals surface area contributed by atoms with Gasteiger partial charge in [-0.25, -0.2) is 0 Å². The van der Waals surface area contributed by atoms with Gasteiger partial charge in [-0.1, -0.05) is 48.0 Å². The first-order chi connectivity index (χ1) is 9.54. The standard InChI is InChI=1S/C14H18ClN3OS/c1-9(2)7-16-8-13-17-18-14(20-13)19-12-6-11(15)5-4-10(12)3/h4-6,9,16H,7-8H2,1-3H3. The first kappa shape index (κ1) is 15.2. The maximum atomic E-state index is 5.96. The third kappa shape index (κ3) is 4.44. The zero-order valence-electron chi connectivity index (χ0n) is 11.8. The smallest absolute Gasteiger partial charge is 0.299 e. The summed E-state index contributed by atoms with van der Waals surface area (Å²) in [5.74, 6) is 1.34. The normalized spacial score (nSPS) is 11.1. The van der Waals surface area contributed by atoms with Gasteiger partial charge in [-0.05, 0) is 37.1 Å². The largest absolute Gasteiger partial charge is 0.429 e. The van der Waals surface area contributed by atoms with Crippen LogP contribution in [-0.4, -0.2) is 16.7 Å². The van der Waals surface area contributed by atoms with Crippen molar-refractivity contribution in [2.75, 3.05) is 6.54 Å². The van der Waals surface area contributed by atoms with Crippen LogP contribution in [-0.2, 0) is 6.54 Å². The maximum Gasteiger partial charge on any atom is 0.299 e. The highest BCUT2D eigenvalue weighted by Gasteiger charge is 2.08. The van der Waals surface area contributed by atoms with Gasteiger partial charge in [0.25, 0.3) is 5.19 Å². The van der Waals surface area contributed by atoms with Crippen LogP contribution in [0.15, 0.2) is 18.2 Å². The molecule has 0 bridgehead atoms. The highest BCUT2D eigenvalue weighted by molar-refractivity contribution is 7.13. The number of ether oxygens (including phenoxy) is 1. The van der Waals surface area contributed by atoms with Crippen molar-refractivity contribution in [3.63, 3.8) is 0 Å². The van der Waals surface area contributed by atoms with Crippen LogP contribution in [0.2, 0.25) is 5.02 Å². The van der Waals surface area contributed by atoms with Crippen LogP contribution in [0.3, 0.4) is 0 Å². The lowest BCUT2D eigenvalue weighted by Gasteiger charge is -2.05. The molecule has 0 unspecified atom stereocenters. The molecule has 0 radical (unpaired) electrons. The molecular formula is C14H18ClN3OS. The molecule has 1 N–H and O–H groups in total. The lowest BCUT2D eigenvalue weighted by Crippen LogP contribution is -2.18. The number of hydrogen-bond donors (Lipinski definition) is 1. The molecule has 2 rings (SSSR count). The Morgan fingerprint density at radius 3 is 2.90 bits per heavy atom. The van der Waals surface area contributed by atoms with E-state index >= 15 is 0 Å². The van der Waals surface area contributed by atoms with E-state index in [2.05, 4.69) is 29.4 Å². The Morgan fingerprint density at radius 2 is 2.15 bits per heavy atom. The van der Waals surface area contributed by atoms with E-state index in [1.807, 2.05) is 19.1 Å². The van der Waals surface area contributed by atoms with Crippen LogP contribution in [0.25, 0.3) is 0 Å². The third-order valence-electron chi connectivity index (χ3n) is 2.62. The molecular weight excluding hydrogens is 294 g/mol. The molecule has 20 heavy (non-hydrogen) atoms. The van der Waals surface area contributed by atoms with E-state index in [9.17, 15) is 0 Å². The molecule has 1 aromatic heterocycles. The Balaban J connectivity index is 1.97. The second-order valence-electron chi connectivity index (χ2n) is 5.00. The second-order valence-corrected chi connectivity index (χ2v) is 6.46. The summed E-state index contributed by atoms with van der Waals surface area (Å²) in [6, 6.07) is 5.55. The molecule has 1 heterocycles. The second kappa shape index (κ2) is 7.02. The minimum Gasteiger partial charge on any atom is -0.429 e. The van der Waals surface area contributed by atoms with Crippen LogP contribution >= 0.6 is 22.9 Å². The average molecular weight is 312 g/mol. The summed E-state index contributed by atoms with van der Waals surface area (Å²) < 4.78 is 5.73. The van der Waals surface area contributed by atoms with Gasteiger partial charge in [-0.15, -0.1) is 5.10 Å². The van der Waals surface area contributed by atoms with E-state index in [0.29, 0.717) is 22.7 Å². The predicted octanol–water partition coefficient (Wildman–Crippen LogP) is 4.04. The molecule has 0 aliphatic carbocycles. The topological polar surface area (TPSA) is 47.0 Å². The van der Waals surface area contributed by atoms with Crippen molar-refractivity contribution in [1.29, 1.82) is 0 Å². The van der Waals surface area contributed by atoms with Crippen molar-refractivity contribution in [1.82, 2.24) is 15.5 Å². The Labute approximate surface area is 128 Å². The van der Waals surface area contributed by atoms with E-state index in [-0.39, 0.29) is 0 Å². The Hall–Kier alpha value is -1.17. The van der Waals surface area contributed by atoms with Crippen LogP contribution < -0.4 is 10.1 Å². The highest BCUT2D eigenvalue weighted by atomic mass is 35.5. The molecule has 0 amide bonds. The number of hydrogen-bond acceptors (Lipinski definition) is 5. The molecule has 0 aliphatic heterocycles. The van der Waals surface area contributed by atoms with Crippen LogP contribution in [0.4, 0.5) is 0 Å². The van der Waals surface area contributed by atoms with Crippen molar-refractivity contribution in [2.45, 2.75) is 27.3 Å². The molecule has 108 valence electrons. The van der Waals surface area contributed by atoms with E-state index in [0.717, 1.165) is 22.9 Å². The molecule has 0 saturated carbocycles. The van der Waals surface area contributed by atoms with Gasteiger partial charge in [0, 0.05) is 11.6 Å². The number of benzene rings is 1. The van der Waals surface area contributed by atoms with Gasteiger partial charge in [-0.3, -0.25) is 0 Å². The molecule has 4 nitrogen and oxygen atoms in total. The Bertz CT molecular complexity index is 571. The first-order valence-corrected chi connectivity index (χ1v) is 7.71. The molecule has 0 fully saturated rings. The summed E-state index contributed by atoms with van der Waals surface area (Å²) in [4.78, 5) is 0. The van der Waals surface area contributed by atoms with Gasteiger partial charge in [0.2, 0.25) is 0 Å². The zero-order valence-corrected chi connectivity index (χ0v) is 13.4. The highest BCUT2D eigenvalue weighted by Crippen LogP contribution is 2.29. The SMILES string of the molecule is Cc1ccc(Cl)cc1Oc1nnc(CNCC(C)C)s1. The van der Waals surface area contributed by atoms with Gasteiger partial charge in [0.1, 0.15) is 10.8 Å². The van der Waals surface area contributed by atoms with E-state index < -0.39 is 0 Å². The van der Waals surface area contributed by atoms with E-state index in [4.69, 9.17) is 16.3 Å². The molecule has 6 heteroatoms. The van der Waals surface area contributed by atoms with E-state index in [1.54, 1.807) is 6.07 Å². The van der Waals surface area contributed by atoms with Crippen LogP contribution in [0.1, 0.15) is 24.4 Å². The van der Waals surface area contributed by atoms with Crippen molar-refractivity contribution in [3.8, 4) is 10.9 Å². The van der Waals surface area contributed by atoms with Crippen molar-refractivity contribution in [2.24, 2.45) is 5.92 Å². The molecule has 0 aliphatic rings. The fourth-order valence-corrected chi connectivity index (χ4v) is 2.43. The van der Waals surface area contributed by atoms with Crippen molar-refractivity contribution < 1.29 is 4.74 Å². The summed E-state index contributed by atoms with van der Waals surface area (Å²) >= 11 is 7.41. The molecule has 0 saturated heterocycles. The summed E-state index contributed by atoms with van der Waals surface area (Å²) in [5, 5.41) is 13.6. The quantitative estimate of drug-likeness (QED) is 0.874. The number of aryl methyl sites for hydroxylation is 1. The summed E-state index contributed by atoms with van der Waals surface area (Å²) in [5.41, 5.74) is 1.02. The third-order valence-corrected chi connectivity index (χ3v) is 3.66. The van der Waals surface area contributed by atoms with Gasteiger partial charge >= 0.3 is 0 Å². The lowest BCUT2D eigenvalue weighted by molar-refractivity contribution is 0.469. The maximum absolute atomic E-state index is 5.96. The number of halogens is 1. The Kier molecular flexibility index (Phi) is 5.34. The van der Waals surface area contributed by atoms with Gasteiger partial charge in [0.15, 0.2) is 0 Å². The fourth-order valence-electron chi connectivity index (χ4n) is 1.60. The fraction of sp³-hybridized carbons (Fsp3) is 0.429. The number of nitrogens with one attached hydrogen (secondary N) is 1. The average Bonchev–Trinajstić information content (AvgIpc) is 2.81. The van der Waals surface area contributed by atoms with E-state index in [1.165, 1.54) is 11.3 Å². The summed E-state index contributed by atoms with van der Waals surface area (Å²) in [6.45, 7) is 7.99. The van der Waals surface area contributed by atoms with Crippen molar-refractivity contribution in [3.05, 3.63) is 33.8 Å². The number of rotatable bonds is 6. The minimum absolute atomic E-state index is 0.539. The zero-order chi connectivity index (χ0) is 14.5. The van der Waals surface area contributed by atoms with Crippen molar-refractivity contribution >= 4 is 22.9 Å². The van der Waals surface area contributed by atoms with Gasteiger partial charge < -0.3 is 10.1 Å².